The number of halogens is 2. The van der Waals surface area contributed by atoms with E-state index < -0.39 is 0 Å². The van der Waals surface area contributed by atoms with E-state index in [-0.39, 0.29) is 5.54 Å². The molecule has 2 rings (SSSR count). The molecule has 0 unspecified atom stereocenters. The van der Waals surface area contributed by atoms with Crippen LogP contribution in [0.25, 0.3) is 11.4 Å². The molecule has 0 bridgehead atoms. The molecule has 19 heavy (non-hydrogen) atoms. The van der Waals surface area contributed by atoms with Crippen molar-refractivity contribution in [2.75, 3.05) is 0 Å². The third kappa shape index (κ3) is 2.99. The molecule has 0 amide bonds. The molecule has 0 spiro atoms. The SMILES string of the molecule is CC(C)(C)n1c(CN)nnc1-c1cc(Cl)cc(Br)c1. The molecule has 1 aromatic heterocycles. The van der Waals surface area contributed by atoms with Gasteiger partial charge in [0.05, 0.1) is 6.54 Å². The van der Waals surface area contributed by atoms with Crippen LogP contribution in [0.3, 0.4) is 0 Å². The molecule has 102 valence electrons. The molecule has 0 fully saturated rings. The Labute approximate surface area is 126 Å². The number of aromatic nitrogens is 3. The molecule has 0 aliphatic carbocycles. The Bertz CT molecular complexity index is 581. The van der Waals surface area contributed by atoms with Crippen LogP contribution in [-0.4, -0.2) is 14.8 Å². The van der Waals surface area contributed by atoms with E-state index >= 15 is 0 Å². The van der Waals surface area contributed by atoms with Gasteiger partial charge in [-0.1, -0.05) is 27.5 Å². The van der Waals surface area contributed by atoms with Crippen molar-refractivity contribution in [1.29, 1.82) is 0 Å². The van der Waals surface area contributed by atoms with Crippen LogP contribution in [0.5, 0.6) is 0 Å². The van der Waals surface area contributed by atoms with Crippen LogP contribution in [0.15, 0.2) is 22.7 Å². The van der Waals surface area contributed by atoms with Gasteiger partial charge in [0.15, 0.2) is 5.82 Å². The van der Waals surface area contributed by atoms with Gasteiger partial charge in [-0.3, -0.25) is 0 Å². The highest BCUT2D eigenvalue weighted by atomic mass is 79.9. The standard InChI is InChI=1S/C13H16BrClN4/c1-13(2,3)19-11(7-16)17-18-12(19)8-4-9(14)6-10(15)5-8/h4-6H,7,16H2,1-3H3. The second-order valence-corrected chi connectivity index (χ2v) is 6.66. The van der Waals surface area contributed by atoms with Crippen LogP contribution in [-0.2, 0) is 12.1 Å². The Hall–Kier alpha value is -0.910. The summed E-state index contributed by atoms with van der Waals surface area (Å²) in [4.78, 5) is 0. The van der Waals surface area contributed by atoms with Crippen molar-refractivity contribution in [2.45, 2.75) is 32.9 Å². The van der Waals surface area contributed by atoms with Crippen LogP contribution in [0.4, 0.5) is 0 Å². The third-order valence-electron chi connectivity index (χ3n) is 2.70. The first-order valence-corrected chi connectivity index (χ1v) is 7.11. The summed E-state index contributed by atoms with van der Waals surface area (Å²) in [6, 6.07) is 5.68. The van der Waals surface area contributed by atoms with Crippen molar-refractivity contribution in [3.63, 3.8) is 0 Å². The molecule has 2 N–H and O–H groups in total. The summed E-state index contributed by atoms with van der Waals surface area (Å²) >= 11 is 9.54. The monoisotopic (exact) mass is 342 g/mol. The van der Waals surface area contributed by atoms with Crippen molar-refractivity contribution >= 4 is 27.5 Å². The number of nitrogens with zero attached hydrogens (tertiary/aromatic N) is 3. The lowest BCUT2D eigenvalue weighted by Crippen LogP contribution is -2.26. The molecule has 0 atom stereocenters. The van der Waals surface area contributed by atoms with E-state index in [2.05, 4.69) is 46.9 Å². The zero-order valence-corrected chi connectivity index (χ0v) is 13.5. The van der Waals surface area contributed by atoms with Crippen LogP contribution < -0.4 is 5.73 Å². The summed E-state index contributed by atoms with van der Waals surface area (Å²) in [6.45, 7) is 6.64. The maximum Gasteiger partial charge on any atom is 0.164 e. The number of hydrogen-bond donors (Lipinski definition) is 1. The Kier molecular flexibility index (Phi) is 3.99. The van der Waals surface area contributed by atoms with Gasteiger partial charge in [-0.25, -0.2) is 0 Å². The van der Waals surface area contributed by atoms with Crippen LogP contribution in [0.1, 0.15) is 26.6 Å². The molecule has 1 aromatic carbocycles. The molecular weight excluding hydrogens is 328 g/mol. The fourth-order valence-corrected chi connectivity index (χ4v) is 2.88. The Morgan fingerprint density at radius 2 is 1.95 bits per heavy atom. The average Bonchev–Trinajstić information content (AvgIpc) is 2.70. The smallest absolute Gasteiger partial charge is 0.164 e. The number of rotatable bonds is 2. The summed E-state index contributed by atoms with van der Waals surface area (Å²) in [5.41, 5.74) is 6.51. The Morgan fingerprint density at radius 3 is 2.47 bits per heavy atom. The normalized spacial score (nSPS) is 11.9. The zero-order chi connectivity index (χ0) is 14.2. The van der Waals surface area contributed by atoms with Gasteiger partial charge in [-0.2, -0.15) is 0 Å². The van der Waals surface area contributed by atoms with Gasteiger partial charge in [-0.15, -0.1) is 10.2 Å². The molecule has 0 saturated carbocycles. The van der Waals surface area contributed by atoms with Gasteiger partial charge in [0.2, 0.25) is 0 Å². The van der Waals surface area contributed by atoms with Crippen LogP contribution in [0, 0.1) is 0 Å². The first-order valence-electron chi connectivity index (χ1n) is 5.94. The molecule has 6 heteroatoms. The summed E-state index contributed by atoms with van der Waals surface area (Å²) in [5.74, 6) is 1.54. The van der Waals surface area contributed by atoms with E-state index in [0.29, 0.717) is 11.6 Å². The second-order valence-electron chi connectivity index (χ2n) is 5.31. The molecule has 0 radical (unpaired) electrons. The first kappa shape index (κ1) is 14.5. The van der Waals surface area contributed by atoms with Crippen molar-refractivity contribution in [1.82, 2.24) is 14.8 Å². The Morgan fingerprint density at radius 1 is 1.26 bits per heavy atom. The van der Waals surface area contributed by atoms with Gasteiger partial charge >= 0.3 is 0 Å². The van der Waals surface area contributed by atoms with E-state index in [4.69, 9.17) is 17.3 Å². The summed E-state index contributed by atoms with van der Waals surface area (Å²) in [6.07, 6.45) is 0. The van der Waals surface area contributed by atoms with Crippen molar-refractivity contribution in [2.24, 2.45) is 5.73 Å². The van der Waals surface area contributed by atoms with Gasteiger partial charge < -0.3 is 10.3 Å². The Balaban J connectivity index is 2.66. The van der Waals surface area contributed by atoms with E-state index in [1.54, 1.807) is 0 Å². The van der Waals surface area contributed by atoms with Gasteiger partial charge in [-0.05, 0) is 39.0 Å². The molecule has 0 aliphatic rings. The van der Waals surface area contributed by atoms with E-state index in [1.165, 1.54) is 0 Å². The van der Waals surface area contributed by atoms with E-state index in [0.717, 1.165) is 21.7 Å². The molecule has 2 aromatic rings. The molecule has 1 heterocycles. The van der Waals surface area contributed by atoms with Crippen molar-refractivity contribution in [3.8, 4) is 11.4 Å². The lowest BCUT2D eigenvalue weighted by molar-refractivity contribution is 0.386. The van der Waals surface area contributed by atoms with Crippen molar-refractivity contribution in [3.05, 3.63) is 33.5 Å². The zero-order valence-electron chi connectivity index (χ0n) is 11.1. The lowest BCUT2D eigenvalue weighted by Gasteiger charge is -2.24. The van der Waals surface area contributed by atoms with E-state index in [9.17, 15) is 0 Å². The topological polar surface area (TPSA) is 56.7 Å². The number of nitrogens with two attached hydrogens (primary N) is 1. The summed E-state index contributed by atoms with van der Waals surface area (Å²) in [5, 5.41) is 9.08. The molecule has 4 nitrogen and oxygen atoms in total. The predicted molar refractivity (Wildman–Crippen MR) is 81.1 cm³/mol. The van der Waals surface area contributed by atoms with Gasteiger partial charge in [0, 0.05) is 20.6 Å². The van der Waals surface area contributed by atoms with Crippen LogP contribution in [0.2, 0.25) is 5.02 Å². The first-order chi connectivity index (χ1) is 8.82. The van der Waals surface area contributed by atoms with Crippen molar-refractivity contribution < 1.29 is 0 Å². The quantitative estimate of drug-likeness (QED) is 0.907. The minimum absolute atomic E-state index is 0.150. The van der Waals surface area contributed by atoms with E-state index in [1.807, 2.05) is 22.8 Å². The largest absolute Gasteiger partial charge is 0.324 e. The van der Waals surface area contributed by atoms with Gasteiger partial charge in [0.1, 0.15) is 5.82 Å². The summed E-state index contributed by atoms with van der Waals surface area (Å²) in [7, 11) is 0. The number of hydrogen-bond acceptors (Lipinski definition) is 3. The maximum absolute atomic E-state index is 6.10. The van der Waals surface area contributed by atoms with Crippen LogP contribution >= 0.6 is 27.5 Å². The second kappa shape index (κ2) is 5.23. The fraction of sp³-hybridized carbons (Fsp3) is 0.385. The molecular formula is C13H16BrClN4. The highest BCUT2D eigenvalue weighted by molar-refractivity contribution is 9.10. The minimum atomic E-state index is -0.150. The highest BCUT2D eigenvalue weighted by Gasteiger charge is 2.23. The fourth-order valence-electron chi connectivity index (χ4n) is 2.02. The lowest BCUT2D eigenvalue weighted by atomic mass is 10.1. The highest BCUT2D eigenvalue weighted by Crippen LogP contribution is 2.30. The minimum Gasteiger partial charge on any atom is -0.324 e. The third-order valence-corrected chi connectivity index (χ3v) is 3.38. The molecule has 0 aliphatic heterocycles. The average molecular weight is 344 g/mol. The number of benzene rings is 1. The maximum atomic E-state index is 6.10. The predicted octanol–water partition coefficient (Wildman–Crippen LogP) is 3.57. The van der Waals surface area contributed by atoms with Gasteiger partial charge in [0.25, 0.3) is 0 Å². The molecule has 0 saturated heterocycles. The summed E-state index contributed by atoms with van der Waals surface area (Å²) < 4.78 is 2.96.